The summed E-state index contributed by atoms with van der Waals surface area (Å²) in [5.74, 6) is -0.190. The lowest BCUT2D eigenvalue weighted by Crippen LogP contribution is -2.12. The Kier molecular flexibility index (Phi) is 2.62. The summed E-state index contributed by atoms with van der Waals surface area (Å²) in [6.07, 6.45) is -0.673. The van der Waals surface area contributed by atoms with E-state index in [-0.39, 0.29) is 12.3 Å². The Hall–Kier alpha value is -1.51. The zero-order chi connectivity index (χ0) is 11.8. The molecule has 0 saturated heterocycles. The van der Waals surface area contributed by atoms with E-state index >= 15 is 0 Å². The van der Waals surface area contributed by atoms with Crippen molar-refractivity contribution in [1.82, 2.24) is 0 Å². The summed E-state index contributed by atoms with van der Waals surface area (Å²) in [4.78, 5) is 0. The standard InChI is InChI=1S/C13H11F3/c1-9(13(14,15)16)8-11-7-6-10-4-2-3-5-12(10)11/h2-7,11H,1,8H2. The molecule has 0 N–H and O–H groups in total. The van der Waals surface area contributed by atoms with E-state index in [0.29, 0.717) is 0 Å². The number of hydrogen-bond acceptors (Lipinski definition) is 0. The number of hydrogen-bond donors (Lipinski definition) is 0. The molecule has 1 unspecified atom stereocenters. The van der Waals surface area contributed by atoms with Crippen LogP contribution in [0.1, 0.15) is 23.5 Å². The van der Waals surface area contributed by atoms with Crippen LogP contribution in [0, 0.1) is 0 Å². The van der Waals surface area contributed by atoms with E-state index in [1.807, 2.05) is 36.4 Å². The predicted molar refractivity (Wildman–Crippen MR) is 58.0 cm³/mol. The van der Waals surface area contributed by atoms with Crippen molar-refractivity contribution in [2.75, 3.05) is 0 Å². The van der Waals surface area contributed by atoms with Crippen LogP contribution in [-0.4, -0.2) is 6.18 Å². The van der Waals surface area contributed by atoms with Crippen molar-refractivity contribution in [3.63, 3.8) is 0 Å². The Balaban J connectivity index is 2.16. The Morgan fingerprint density at radius 3 is 2.62 bits per heavy atom. The SMILES string of the molecule is C=C(CC1C=Cc2ccccc21)C(F)(F)F. The summed E-state index contributed by atoms with van der Waals surface area (Å²) in [5, 5.41) is 0. The molecule has 1 aliphatic carbocycles. The first kappa shape index (κ1) is 11.0. The maximum absolute atomic E-state index is 12.4. The summed E-state index contributed by atoms with van der Waals surface area (Å²) in [6.45, 7) is 3.10. The van der Waals surface area contributed by atoms with Crippen molar-refractivity contribution in [2.45, 2.75) is 18.5 Å². The second-order valence-electron chi connectivity index (χ2n) is 3.90. The molecule has 0 aliphatic heterocycles. The number of halogens is 3. The summed E-state index contributed by atoms with van der Waals surface area (Å²) >= 11 is 0. The second-order valence-corrected chi connectivity index (χ2v) is 3.90. The Morgan fingerprint density at radius 1 is 1.25 bits per heavy atom. The van der Waals surface area contributed by atoms with Gasteiger partial charge in [0.15, 0.2) is 0 Å². The highest BCUT2D eigenvalue weighted by atomic mass is 19.4. The van der Waals surface area contributed by atoms with E-state index in [9.17, 15) is 13.2 Å². The molecule has 1 aliphatic rings. The molecule has 16 heavy (non-hydrogen) atoms. The normalized spacial score (nSPS) is 18.6. The van der Waals surface area contributed by atoms with Crippen molar-refractivity contribution in [1.29, 1.82) is 0 Å². The molecule has 0 heterocycles. The average Bonchev–Trinajstić information content (AvgIpc) is 2.61. The van der Waals surface area contributed by atoms with Gasteiger partial charge in [0.1, 0.15) is 0 Å². The molecular formula is C13H11F3. The first-order valence-electron chi connectivity index (χ1n) is 5.00. The Labute approximate surface area is 92.1 Å². The van der Waals surface area contributed by atoms with Crippen LogP contribution in [0.4, 0.5) is 13.2 Å². The lowest BCUT2D eigenvalue weighted by Gasteiger charge is -2.15. The molecule has 1 aromatic carbocycles. The van der Waals surface area contributed by atoms with Crippen LogP contribution in [0.5, 0.6) is 0 Å². The molecule has 0 bridgehead atoms. The molecule has 1 atom stereocenters. The average molecular weight is 224 g/mol. The van der Waals surface area contributed by atoms with Gasteiger partial charge in [-0.1, -0.05) is 43.0 Å². The maximum atomic E-state index is 12.4. The molecule has 0 saturated carbocycles. The molecule has 0 nitrogen and oxygen atoms in total. The quantitative estimate of drug-likeness (QED) is 0.657. The fourth-order valence-corrected chi connectivity index (χ4v) is 1.88. The first-order valence-corrected chi connectivity index (χ1v) is 5.00. The molecule has 0 fully saturated rings. The minimum absolute atomic E-state index is 0.0585. The summed E-state index contributed by atoms with van der Waals surface area (Å²) in [5.41, 5.74) is 1.29. The van der Waals surface area contributed by atoms with Gasteiger partial charge in [-0.2, -0.15) is 13.2 Å². The van der Waals surface area contributed by atoms with Gasteiger partial charge in [0.05, 0.1) is 0 Å². The molecule has 0 aromatic heterocycles. The predicted octanol–water partition coefficient (Wildman–Crippen LogP) is 4.31. The number of benzene rings is 1. The van der Waals surface area contributed by atoms with E-state index < -0.39 is 11.7 Å². The van der Waals surface area contributed by atoms with Gasteiger partial charge in [-0.15, -0.1) is 0 Å². The van der Waals surface area contributed by atoms with Gasteiger partial charge in [0.2, 0.25) is 0 Å². The van der Waals surface area contributed by atoms with Crippen LogP contribution < -0.4 is 0 Å². The van der Waals surface area contributed by atoms with Crippen molar-refractivity contribution >= 4 is 6.08 Å². The third kappa shape index (κ3) is 2.03. The lowest BCUT2D eigenvalue weighted by atomic mass is 9.94. The van der Waals surface area contributed by atoms with E-state index in [4.69, 9.17) is 0 Å². The van der Waals surface area contributed by atoms with E-state index in [0.717, 1.165) is 11.1 Å². The van der Waals surface area contributed by atoms with E-state index in [1.54, 1.807) is 0 Å². The van der Waals surface area contributed by atoms with Gasteiger partial charge in [0.25, 0.3) is 0 Å². The lowest BCUT2D eigenvalue weighted by molar-refractivity contribution is -0.0938. The minimum atomic E-state index is -4.29. The number of alkyl halides is 3. The zero-order valence-electron chi connectivity index (χ0n) is 8.59. The van der Waals surface area contributed by atoms with Gasteiger partial charge in [0, 0.05) is 11.5 Å². The molecule has 0 spiro atoms. The van der Waals surface area contributed by atoms with Crippen LogP contribution in [0.3, 0.4) is 0 Å². The third-order valence-electron chi connectivity index (χ3n) is 2.77. The molecule has 84 valence electrons. The molecule has 2 rings (SSSR count). The number of rotatable bonds is 2. The van der Waals surface area contributed by atoms with Crippen molar-refractivity contribution in [3.05, 3.63) is 53.6 Å². The Morgan fingerprint density at radius 2 is 1.94 bits per heavy atom. The summed E-state index contributed by atoms with van der Waals surface area (Å²) in [7, 11) is 0. The maximum Gasteiger partial charge on any atom is 0.412 e. The topological polar surface area (TPSA) is 0 Å². The van der Waals surface area contributed by atoms with Gasteiger partial charge >= 0.3 is 6.18 Å². The highest BCUT2D eigenvalue weighted by Crippen LogP contribution is 2.38. The largest absolute Gasteiger partial charge is 0.412 e. The molecule has 1 aromatic rings. The van der Waals surface area contributed by atoms with E-state index in [2.05, 4.69) is 6.58 Å². The fraction of sp³-hybridized carbons (Fsp3) is 0.231. The van der Waals surface area contributed by atoms with Crippen molar-refractivity contribution in [3.8, 4) is 0 Å². The monoisotopic (exact) mass is 224 g/mol. The third-order valence-corrected chi connectivity index (χ3v) is 2.77. The van der Waals surface area contributed by atoms with Gasteiger partial charge in [-0.05, 0) is 17.5 Å². The minimum Gasteiger partial charge on any atom is -0.167 e. The van der Waals surface area contributed by atoms with Crippen molar-refractivity contribution < 1.29 is 13.2 Å². The highest BCUT2D eigenvalue weighted by Gasteiger charge is 2.33. The smallest absolute Gasteiger partial charge is 0.167 e. The summed E-state index contributed by atoms with van der Waals surface area (Å²) in [6, 6.07) is 7.49. The van der Waals surface area contributed by atoms with Gasteiger partial charge < -0.3 is 0 Å². The van der Waals surface area contributed by atoms with Crippen LogP contribution in [0.2, 0.25) is 0 Å². The highest BCUT2D eigenvalue weighted by molar-refractivity contribution is 5.62. The second kappa shape index (κ2) is 3.81. The van der Waals surface area contributed by atoms with Gasteiger partial charge in [-0.3, -0.25) is 0 Å². The van der Waals surface area contributed by atoms with Gasteiger partial charge in [-0.25, -0.2) is 0 Å². The first-order chi connectivity index (χ1) is 7.48. The zero-order valence-corrected chi connectivity index (χ0v) is 8.59. The van der Waals surface area contributed by atoms with Crippen molar-refractivity contribution in [2.24, 2.45) is 0 Å². The number of fused-ring (bicyclic) bond motifs is 1. The van der Waals surface area contributed by atoms with E-state index in [1.165, 1.54) is 0 Å². The Bertz CT molecular complexity index is 441. The van der Waals surface area contributed by atoms with Crippen LogP contribution in [-0.2, 0) is 0 Å². The van der Waals surface area contributed by atoms with Crippen LogP contribution >= 0.6 is 0 Å². The molecular weight excluding hydrogens is 213 g/mol. The molecule has 0 radical (unpaired) electrons. The van der Waals surface area contributed by atoms with Crippen LogP contribution in [0.15, 0.2) is 42.5 Å². The summed E-state index contributed by atoms with van der Waals surface area (Å²) < 4.78 is 37.1. The number of allylic oxidation sites excluding steroid dienone is 2. The van der Waals surface area contributed by atoms with Crippen LogP contribution in [0.25, 0.3) is 6.08 Å². The molecule has 3 heteroatoms. The fourth-order valence-electron chi connectivity index (χ4n) is 1.88. The molecule has 0 amide bonds.